The van der Waals surface area contributed by atoms with Gasteiger partial charge in [0.2, 0.25) is 0 Å². The van der Waals surface area contributed by atoms with E-state index < -0.39 is 5.97 Å². The van der Waals surface area contributed by atoms with E-state index >= 15 is 0 Å². The Kier molecular flexibility index (Phi) is 6.03. The van der Waals surface area contributed by atoms with Crippen molar-refractivity contribution in [3.05, 3.63) is 59.4 Å². The smallest absolute Gasteiger partial charge is 0.336 e. The number of carbonyl (C=O) groups is 1. The van der Waals surface area contributed by atoms with Crippen molar-refractivity contribution in [3.8, 4) is 11.1 Å². The third-order valence-electron chi connectivity index (χ3n) is 6.77. The van der Waals surface area contributed by atoms with Crippen molar-refractivity contribution in [2.24, 2.45) is 0 Å². The first-order valence-corrected chi connectivity index (χ1v) is 11.1. The van der Waals surface area contributed by atoms with Gasteiger partial charge in [0.1, 0.15) is 0 Å². The van der Waals surface area contributed by atoms with Crippen LogP contribution < -0.4 is 5.32 Å². The highest BCUT2D eigenvalue weighted by molar-refractivity contribution is 5.94. The molecule has 3 aromatic rings. The number of aromatic nitrogens is 1. The van der Waals surface area contributed by atoms with Crippen LogP contribution in [-0.4, -0.2) is 65.0 Å². The van der Waals surface area contributed by atoms with Crippen LogP contribution in [0.25, 0.3) is 16.6 Å². The lowest BCUT2D eigenvalue weighted by atomic mass is 9.99. The molecular formula is C25H32N4O2. The molecule has 0 amide bonds. The lowest BCUT2D eigenvalue weighted by Gasteiger charge is -2.38. The van der Waals surface area contributed by atoms with E-state index in [1.807, 2.05) is 32.2 Å². The molecule has 0 saturated carbocycles. The molecule has 6 heteroatoms. The number of carboxylic acids is 1. The molecule has 2 aromatic heterocycles. The molecular weight excluding hydrogens is 388 g/mol. The normalized spacial score (nSPS) is 16.5. The Morgan fingerprint density at radius 3 is 2.39 bits per heavy atom. The number of fused-ring (bicyclic) bond motifs is 1. The van der Waals surface area contributed by atoms with Gasteiger partial charge in [0.15, 0.2) is 0 Å². The summed E-state index contributed by atoms with van der Waals surface area (Å²) in [6.07, 6.45) is 2.09. The monoisotopic (exact) mass is 420 g/mol. The van der Waals surface area contributed by atoms with Gasteiger partial charge in [0.25, 0.3) is 0 Å². The van der Waals surface area contributed by atoms with Crippen LogP contribution >= 0.6 is 0 Å². The molecule has 0 spiro atoms. The van der Waals surface area contributed by atoms with Crippen LogP contribution in [0.1, 0.15) is 41.5 Å². The van der Waals surface area contributed by atoms with Crippen molar-refractivity contribution in [2.45, 2.75) is 26.8 Å². The Morgan fingerprint density at radius 1 is 1.13 bits per heavy atom. The van der Waals surface area contributed by atoms with Crippen LogP contribution in [0.4, 0.5) is 5.69 Å². The van der Waals surface area contributed by atoms with Crippen molar-refractivity contribution in [3.63, 3.8) is 0 Å². The van der Waals surface area contributed by atoms with Crippen LogP contribution in [0.15, 0.2) is 42.6 Å². The van der Waals surface area contributed by atoms with E-state index in [4.69, 9.17) is 0 Å². The molecule has 2 N–H and O–H groups in total. The fourth-order valence-electron chi connectivity index (χ4n) is 4.80. The van der Waals surface area contributed by atoms with Gasteiger partial charge >= 0.3 is 5.97 Å². The van der Waals surface area contributed by atoms with E-state index in [1.165, 1.54) is 0 Å². The molecule has 3 heterocycles. The lowest BCUT2D eigenvalue weighted by Crippen LogP contribution is -2.47. The summed E-state index contributed by atoms with van der Waals surface area (Å²) >= 11 is 0. The molecule has 6 nitrogen and oxygen atoms in total. The average molecular weight is 421 g/mol. The van der Waals surface area contributed by atoms with E-state index in [-0.39, 0.29) is 6.04 Å². The molecule has 1 fully saturated rings. The average Bonchev–Trinajstić information content (AvgIpc) is 3.21. The predicted molar refractivity (Wildman–Crippen MR) is 126 cm³/mol. The summed E-state index contributed by atoms with van der Waals surface area (Å²) in [4.78, 5) is 17.0. The number of hydrogen-bond donors (Lipinski definition) is 2. The number of rotatable bonds is 6. The maximum atomic E-state index is 12.1. The SMILES string of the molecule is CCN1CCN(C(C)c2c(C)c(C(=O)O)cc3c(-c4ccc(NC)cc4)ccn23)CC1. The molecule has 0 aliphatic carbocycles. The number of pyridine rings is 1. The van der Waals surface area contributed by atoms with Crippen molar-refractivity contribution in [1.29, 1.82) is 0 Å². The first-order valence-electron chi connectivity index (χ1n) is 11.1. The zero-order chi connectivity index (χ0) is 22.1. The number of anilines is 1. The van der Waals surface area contributed by atoms with E-state index in [2.05, 4.69) is 57.8 Å². The fourth-order valence-corrected chi connectivity index (χ4v) is 4.80. The second-order valence-corrected chi connectivity index (χ2v) is 8.33. The molecule has 4 rings (SSSR count). The third-order valence-corrected chi connectivity index (χ3v) is 6.77. The number of nitrogens with zero attached hydrogens (tertiary/aromatic N) is 3. The van der Waals surface area contributed by atoms with Crippen LogP contribution in [0.2, 0.25) is 0 Å². The highest BCUT2D eigenvalue weighted by atomic mass is 16.4. The molecule has 1 aromatic carbocycles. The number of aromatic carboxylic acids is 1. The Morgan fingerprint density at radius 2 is 1.81 bits per heavy atom. The maximum absolute atomic E-state index is 12.1. The number of hydrogen-bond acceptors (Lipinski definition) is 4. The van der Waals surface area contributed by atoms with Gasteiger partial charge < -0.3 is 19.7 Å². The second kappa shape index (κ2) is 8.73. The predicted octanol–water partition coefficient (Wildman–Crippen LogP) is 4.35. The Bertz CT molecular complexity index is 1080. The second-order valence-electron chi connectivity index (χ2n) is 8.33. The van der Waals surface area contributed by atoms with Gasteiger partial charge in [-0.1, -0.05) is 19.1 Å². The van der Waals surface area contributed by atoms with Gasteiger partial charge in [-0.2, -0.15) is 0 Å². The number of nitrogens with one attached hydrogen (secondary N) is 1. The minimum Gasteiger partial charge on any atom is -0.478 e. The fraction of sp³-hybridized carbons (Fsp3) is 0.400. The third kappa shape index (κ3) is 3.93. The van der Waals surface area contributed by atoms with Gasteiger partial charge in [0.05, 0.1) is 11.1 Å². The van der Waals surface area contributed by atoms with Crippen molar-refractivity contribution < 1.29 is 9.90 Å². The first-order chi connectivity index (χ1) is 14.9. The van der Waals surface area contributed by atoms with Gasteiger partial charge in [0, 0.05) is 62.4 Å². The van der Waals surface area contributed by atoms with Crippen molar-refractivity contribution >= 4 is 17.2 Å². The Hall–Kier alpha value is -2.83. The van der Waals surface area contributed by atoms with Crippen LogP contribution in [0.3, 0.4) is 0 Å². The molecule has 1 unspecified atom stereocenters. The molecule has 31 heavy (non-hydrogen) atoms. The molecule has 0 bridgehead atoms. The minimum absolute atomic E-state index is 0.132. The quantitative estimate of drug-likeness (QED) is 0.621. The van der Waals surface area contributed by atoms with Gasteiger partial charge in [-0.3, -0.25) is 4.90 Å². The maximum Gasteiger partial charge on any atom is 0.336 e. The first kappa shape index (κ1) is 21.4. The van der Waals surface area contributed by atoms with Crippen LogP contribution in [-0.2, 0) is 0 Å². The molecule has 1 atom stereocenters. The summed E-state index contributed by atoms with van der Waals surface area (Å²) in [6, 6.07) is 12.3. The topological polar surface area (TPSA) is 60.2 Å². The minimum atomic E-state index is -0.873. The van der Waals surface area contributed by atoms with Crippen LogP contribution in [0.5, 0.6) is 0 Å². The van der Waals surface area contributed by atoms with Gasteiger partial charge in [-0.25, -0.2) is 4.79 Å². The number of likely N-dealkylation sites (N-methyl/N-ethyl adjacent to an activating group) is 1. The summed E-state index contributed by atoms with van der Waals surface area (Å²) < 4.78 is 2.19. The summed E-state index contributed by atoms with van der Waals surface area (Å²) in [6.45, 7) is 11.5. The highest BCUT2D eigenvalue weighted by Crippen LogP contribution is 2.34. The van der Waals surface area contributed by atoms with E-state index in [9.17, 15) is 9.90 Å². The largest absolute Gasteiger partial charge is 0.478 e. The lowest BCUT2D eigenvalue weighted by molar-refractivity contribution is 0.0695. The zero-order valence-electron chi connectivity index (χ0n) is 18.9. The summed E-state index contributed by atoms with van der Waals surface area (Å²) in [7, 11) is 1.90. The van der Waals surface area contributed by atoms with E-state index in [0.29, 0.717) is 5.56 Å². The summed E-state index contributed by atoms with van der Waals surface area (Å²) in [5.41, 5.74) is 6.42. The molecule has 164 valence electrons. The van der Waals surface area contributed by atoms with Crippen molar-refractivity contribution in [2.75, 3.05) is 45.1 Å². The molecule has 0 radical (unpaired) electrons. The number of carboxylic acid groups (broad SMARTS) is 1. The van der Waals surface area contributed by atoms with Crippen LogP contribution in [0, 0.1) is 6.92 Å². The summed E-state index contributed by atoms with van der Waals surface area (Å²) in [5.74, 6) is -0.873. The molecule has 1 aliphatic heterocycles. The van der Waals surface area contributed by atoms with E-state index in [0.717, 1.165) is 66.3 Å². The standard InChI is InChI=1S/C25H32N4O2/c1-5-27-12-14-28(15-13-27)18(3)24-17(2)22(25(30)31)16-23-21(10-11-29(23)24)19-6-8-20(26-4)9-7-19/h6-11,16,18,26H,5,12-15H2,1-4H3,(H,30,31). The molecule has 1 saturated heterocycles. The number of piperazine rings is 1. The van der Waals surface area contributed by atoms with Gasteiger partial charge in [-0.05, 0) is 55.8 Å². The highest BCUT2D eigenvalue weighted by Gasteiger charge is 2.27. The molecule has 1 aliphatic rings. The van der Waals surface area contributed by atoms with E-state index in [1.54, 1.807) is 0 Å². The Labute approximate surface area is 184 Å². The zero-order valence-corrected chi connectivity index (χ0v) is 18.9. The number of benzene rings is 1. The Balaban J connectivity index is 1.81. The van der Waals surface area contributed by atoms with Crippen molar-refractivity contribution in [1.82, 2.24) is 14.2 Å². The summed E-state index contributed by atoms with van der Waals surface area (Å²) in [5, 5.41) is 13.1. The van der Waals surface area contributed by atoms with Gasteiger partial charge in [-0.15, -0.1) is 0 Å².